The fraction of sp³-hybridized carbons (Fsp3) is 0.458. The second-order valence-corrected chi connectivity index (χ2v) is 8.68. The molecule has 5 nitrogen and oxygen atoms in total. The van der Waals surface area contributed by atoms with Gasteiger partial charge in [-0.05, 0) is 49.7 Å². The molecular formula is C24H32N2O3S. The maximum Gasteiger partial charge on any atom is 0.221 e. The van der Waals surface area contributed by atoms with Crippen molar-refractivity contribution < 1.29 is 14.3 Å². The normalized spacial score (nSPS) is 14.6. The first kappa shape index (κ1) is 22.7. The number of ether oxygens (including phenoxy) is 2. The van der Waals surface area contributed by atoms with Crippen LogP contribution in [0.4, 0.5) is 0 Å². The predicted octanol–water partition coefficient (Wildman–Crippen LogP) is 3.97. The number of likely N-dealkylation sites (N-methyl/N-ethyl adjacent to an activating group) is 1. The SMILES string of the molecule is CN(CCOc1cccc(CNC(=O)CCSc2ccccc2)c1)C1CCOCC1. The van der Waals surface area contributed by atoms with Gasteiger partial charge in [-0.1, -0.05) is 30.3 Å². The zero-order valence-corrected chi connectivity index (χ0v) is 18.5. The number of benzene rings is 2. The number of nitrogens with one attached hydrogen (secondary N) is 1. The fourth-order valence-corrected chi connectivity index (χ4v) is 4.30. The Labute approximate surface area is 184 Å². The van der Waals surface area contributed by atoms with Crippen molar-refractivity contribution in [3.05, 3.63) is 60.2 Å². The highest BCUT2D eigenvalue weighted by Crippen LogP contribution is 2.18. The monoisotopic (exact) mass is 428 g/mol. The van der Waals surface area contributed by atoms with Crippen LogP contribution in [0.1, 0.15) is 24.8 Å². The van der Waals surface area contributed by atoms with E-state index in [4.69, 9.17) is 9.47 Å². The average Bonchev–Trinajstić information content (AvgIpc) is 2.79. The van der Waals surface area contributed by atoms with E-state index in [0.29, 0.717) is 25.6 Å². The lowest BCUT2D eigenvalue weighted by molar-refractivity contribution is -0.120. The Balaban J connectivity index is 1.33. The van der Waals surface area contributed by atoms with Crippen molar-refractivity contribution in [3.8, 4) is 5.75 Å². The molecule has 6 heteroatoms. The van der Waals surface area contributed by atoms with Crippen LogP contribution in [0.25, 0.3) is 0 Å². The summed E-state index contributed by atoms with van der Waals surface area (Å²) >= 11 is 1.70. The van der Waals surface area contributed by atoms with E-state index in [1.165, 1.54) is 4.90 Å². The van der Waals surface area contributed by atoms with Crippen LogP contribution in [-0.2, 0) is 16.1 Å². The van der Waals surface area contributed by atoms with Crippen LogP contribution in [0.3, 0.4) is 0 Å². The van der Waals surface area contributed by atoms with Crippen LogP contribution in [0.2, 0.25) is 0 Å². The van der Waals surface area contributed by atoms with Gasteiger partial charge in [0.1, 0.15) is 12.4 Å². The minimum Gasteiger partial charge on any atom is -0.492 e. The number of rotatable bonds is 11. The Morgan fingerprint density at radius 3 is 2.77 bits per heavy atom. The van der Waals surface area contributed by atoms with E-state index in [2.05, 4.69) is 29.4 Å². The number of hydrogen-bond donors (Lipinski definition) is 1. The Morgan fingerprint density at radius 1 is 1.17 bits per heavy atom. The molecule has 0 radical (unpaired) electrons. The summed E-state index contributed by atoms with van der Waals surface area (Å²) in [5.41, 5.74) is 1.05. The molecule has 162 valence electrons. The lowest BCUT2D eigenvalue weighted by atomic mass is 10.1. The highest BCUT2D eigenvalue weighted by atomic mass is 32.2. The number of thioether (sulfide) groups is 1. The first-order chi connectivity index (χ1) is 14.7. The second kappa shape index (κ2) is 12.6. The third-order valence-electron chi connectivity index (χ3n) is 5.26. The molecule has 1 N–H and O–H groups in total. The molecule has 30 heavy (non-hydrogen) atoms. The summed E-state index contributed by atoms with van der Waals surface area (Å²) in [7, 11) is 2.15. The van der Waals surface area contributed by atoms with Gasteiger partial charge in [0.05, 0.1) is 0 Å². The third kappa shape index (κ3) is 8.01. The molecule has 1 aliphatic heterocycles. The van der Waals surface area contributed by atoms with Crippen LogP contribution < -0.4 is 10.1 Å². The Kier molecular flexibility index (Phi) is 9.54. The summed E-state index contributed by atoms with van der Waals surface area (Å²) in [4.78, 5) is 15.7. The Hall–Kier alpha value is -2.02. The third-order valence-corrected chi connectivity index (χ3v) is 6.27. The van der Waals surface area contributed by atoms with Crippen molar-refractivity contribution in [2.24, 2.45) is 0 Å². The van der Waals surface area contributed by atoms with Crippen molar-refractivity contribution in [2.45, 2.75) is 36.7 Å². The van der Waals surface area contributed by atoms with Crippen molar-refractivity contribution in [1.82, 2.24) is 10.2 Å². The molecule has 0 unspecified atom stereocenters. The molecule has 3 rings (SSSR count). The number of hydrogen-bond acceptors (Lipinski definition) is 5. The minimum absolute atomic E-state index is 0.0721. The molecule has 1 fully saturated rings. The lowest BCUT2D eigenvalue weighted by Crippen LogP contribution is -2.38. The Morgan fingerprint density at radius 2 is 1.97 bits per heavy atom. The molecule has 2 aromatic rings. The topological polar surface area (TPSA) is 50.8 Å². The van der Waals surface area contributed by atoms with Crippen molar-refractivity contribution >= 4 is 17.7 Å². The van der Waals surface area contributed by atoms with Gasteiger partial charge in [-0.3, -0.25) is 9.69 Å². The van der Waals surface area contributed by atoms with E-state index in [-0.39, 0.29) is 5.91 Å². The molecule has 1 amide bonds. The molecule has 0 spiro atoms. The first-order valence-corrected chi connectivity index (χ1v) is 11.6. The van der Waals surface area contributed by atoms with Gasteiger partial charge in [-0.2, -0.15) is 0 Å². The minimum atomic E-state index is 0.0721. The predicted molar refractivity (Wildman–Crippen MR) is 122 cm³/mol. The van der Waals surface area contributed by atoms with Gasteiger partial charge in [0, 0.05) is 49.4 Å². The van der Waals surface area contributed by atoms with Gasteiger partial charge in [0.2, 0.25) is 5.91 Å². The summed E-state index contributed by atoms with van der Waals surface area (Å²) in [6.45, 7) is 3.78. The zero-order valence-electron chi connectivity index (χ0n) is 17.7. The highest BCUT2D eigenvalue weighted by Gasteiger charge is 2.17. The quantitative estimate of drug-likeness (QED) is 0.549. The standard InChI is InChI=1S/C24H32N2O3S/c1-26(21-10-14-28-15-11-21)13-16-29-22-7-5-6-20(18-22)19-25-24(27)12-17-30-23-8-3-2-4-9-23/h2-9,18,21H,10-17,19H2,1H3,(H,25,27). The summed E-state index contributed by atoms with van der Waals surface area (Å²) in [5.74, 6) is 1.70. The van der Waals surface area contributed by atoms with Crippen LogP contribution >= 0.6 is 11.8 Å². The maximum atomic E-state index is 12.1. The van der Waals surface area contributed by atoms with Crippen molar-refractivity contribution in [3.63, 3.8) is 0 Å². The molecule has 2 aromatic carbocycles. The Bertz CT molecular complexity index is 766. The molecule has 1 heterocycles. The molecule has 1 saturated heterocycles. The van der Waals surface area contributed by atoms with Gasteiger partial charge < -0.3 is 14.8 Å². The van der Waals surface area contributed by atoms with Crippen LogP contribution in [-0.4, -0.2) is 56.0 Å². The summed E-state index contributed by atoms with van der Waals surface area (Å²) in [6, 6.07) is 18.7. The number of carbonyl (C=O) groups excluding carboxylic acids is 1. The van der Waals surface area contributed by atoms with Gasteiger partial charge in [0.25, 0.3) is 0 Å². The van der Waals surface area contributed by atoms with Gasteiger partial charge in [-0.25, -0.2) is 0 Å². The summed E-state index contributed by atoms with van der Waals surface area (Å²) in [5, 5.41) is 3.00. The highest BCUT2D eigenvalue weighted by molar-refractivity contribution is 7.99. The first-order valence-electron chi connectivity index (χ1n) is 10.6. The summed E-state index contributed by atoms with van der Waals surface area (Å²) < 4.78 is 11.4. The largest absolute Gasteiger partial charge is 0.492 e. The van der Waals surface area contributed by atoms with E-state index in [1.807, 2.05) is 42.5 Å². The molecule has 1 aliphatic rings. The van der Waals surface area contributed by atoms with Crippen molar-refractivity contribution in [2.75, 3.05) is 39.2 Å². The molecule has 0 aliphatic carbocycles. The molecule has 0 saturated carbocycles. The van der Waals surface area contributed by atoms with Gasteiger partial charge in [-0.15, -0.1) is 11.8 Å². The summed E-state index contributed by atoms with van der Waals surface area (Å²) in [6.07, 6.45) is 2.69. The van der Waals surface area contributed by atoms with Crippen molar-refractivity contribution in [1.29, 1.82) is 0 Å². The lowest BCUT2D eigenvalue weighted by Gasteiger charge is -2.31. The van der Waals surface area contributed by atoms with E-state index in [0.717, 1.165) is 49.7 Å². The smallest absolute Gasteiger partial charge is 0.221 e. The van der Waals surface area contributed by atoms with Crippen LogP contribution in [0.15, 0.2) is 59.5 Å². The number of amides is 1. The molecule has 0 bridgehead atoms. The number of carbonyl (C=O) groups is 1. The number of nitrogens with zero attached hydrogens (tertiary/aromatic N) is 1. The van der Waals surface area contributed by atoms with E-state index < -0.39 is 0 Å². The molecule has 0 aromatic heterocycles. The fourth-order valence-electron chi connectivity index (χ4n) is 3.43. The zero-order chi connectivity index (χ0) is 21.0. The van der Waals surface area contributed by atoms with Crippen LogP contribution in [0.5, 0.6) is 5.75 Å². The van der Waals surface area contributed by atoms with Gasteiger partial charge in [0.15, 0.2) is 0 Å². The van der Waals surface area contributed by atoms with E-state index >= 15 is 0 Å². The van der Waals surface area contributed by atoms with E-state index in [1.54, 1.807) is 11.8 Å². The maximum absolute atomic E-state index is 12.1. The van der Waals surface area contributed by atoms with Crippen LogP contribution in [0, 0.1) is 0 Å². The van der Waals surface area contributed by atoms with Gasteiger partial charge >= 0.3 is 0 Å². The second-order valence-electron chi connectivity index (χ2n) is 7.51. The van der Waals surface area contributed by atoms with E-state index in [9.17, 15) is 4.79 Å². The molecule has 0 atom stereocenters. The average molecular weight is 429 g/mol. The molecular weight excluding hydrogens is 396 g/mol.